The minimum Gasteiger partial charge on any atom is -0.207 e. The predicted molar refractivity (Wildman–Crippen MR) is 84.4 cm³/mol. The highest BCUT2D eigenvalue weighted by molar-refractivity contribution is 7.89. The molecule has 0 aromatic heterocycles. The lowest BCUT2D eigenvalue weighted by atomic mass is 9.97. The summed E-state index contributed by atoms with van der Waals surface area (Å²) in [5.41, 5.74) is 1.70. The fraction of sp³-hybridized carbons (Fsp3) is 0.176. The third kappa shape index (κ3) is 2.92. The lowest BCUT2D eigenvalue weighted by Gasteiger charge is -2.29. The zero-order valence-corrected chi connectivity index (χ0v) is 13.3. The maximum atomic E-state index is 13.3. The maximum absolute atomic E-state index is 13.3. The molecule has 0 saturated heterocycles. The van der Waals surface area contributed by atoms with Crippen LogP contribution in [0.1, 0.15) is 16.7 Å². The van der Waals surface area contributed by atoms with Gasteiger partial charge in [0.2, 0.25) is 10.0 Å². The normalized spacial score (nSPS) is 15.3. The van der Waals surface area contributed by atoms with Crippen LogP contribution in [0.5, 0.6) is 0 Å². The standard InChI is InChI=1S/C17H15F2NO2S/c1-12-6-8-14(9-7-12)23(21,22)20-10-13-4-2-3-5-15(13)16(11-20)17(18)19/h2-9H,10-11H2,1H3. The van der Waals surface area contributed by atoms with Crippen molar-refractivity contribution < 1.29 is 17.2 Å². The Morgan fingerprint density at radius 2 is 1.65 bits per heavy atom. The summed E-state index contributed by atoms with van der Waals surface area (Å²) in [6.07, 6.45) is -1.85. The Morgan fingerprint density at radius 1 is 1.00 bits per heavy atom. The lowest BCUT2D eigenvalue weighted by molar-refractivity contribution is 0.399. The predicted octanol–water partition coefficient (Wildman–Crippen LogP) is 3.81. The van der Waals surface area contributed by atoms with Crippen molar-refractivity contribution in [2.45, 2.75) is 18.4 Å². The van der Waals surface area contributed by atoms with Crippen molar-refractivity contribution in [2.24, 2.45) is 0 Å². The van der Waals surface area contributed by atoms with Crippen molar-refractivity contribution in [2.75, 3.05) is 6.54 Å². The second-order valence-electron chi connectivity index (χ2n) is 5.48. The molecule has 1 heterocycles. The van der Waals surface area contributed by atoms with Gasteiger partial charge in [0.15, 0.2) is 0 Å². The largest absolute Gasteiger partial charge is 0.275 e. The van der Waals surface area contributed by atoms with Crippen LogP contribution in [0.2, 0.25) is 0 Å². The molecule has 23 heavy (non-hydrogen) atoms. The average molecular weight is 335 g/mol. The molecule has 3 rings (SSSR count). The molecule has 0 spiro atoms. The van der Waals surface area contributed by atoms with E-state index in [1.54, 1.807) is 36.4 Å². The van der Waals surface area contributed by atoms with Gasteiger partial charge in [-0.15, -0.1) is 0 Å². The first-order valence-electron chi connectivity index (χ1n) is 7.09. The van der Waals surface area contributed by atoms with E-state index < -0.39 is 16.1 Å². The van der Waals surface area contributed by atoms with E-state index in [-0.39, 0.29) is 23.6 Å². The minimum absolute atomic E-state index is 0.0865. The molecule has 2 aromatic carbocycles. The van der Waals surface area contributed by atoms with Crippen LogP contribution in [0.25, 0.3) is 5.57 Å². The molecule has 0 bridgehead atoms. The molecule has 0 N–H and O–H groups in total. The Kier molecular flexibility index (Phi) is 4.04. The first-order valence-corrected chi connectivity index (χ1v) is 8.53. The monoisotopic (exact) mass is 335 g/mol. The maximum Gasteiger partial charge on any atom is 0.275 e. The summed E-state index contributed by atoms with van der Waals surface area (Å²) in [5.74, 6) is 0. The van der Waals surface area contributed by atoms with Gasteiger partial charge in [-0.1, -0.05) is 42.0 Å². The van der Waals surface area contributed by atoms with E-state index in [4.69, 9.17) is 0 Å². The van der Waals surface area contributed by atoms with Crippen LogP contribution >= 0.6 is 0 Å². The summed E-state index contributed by atoms with van der Waals surface area (Å²) in [6, 6.07) is 13.0. The number of aryl methyl sites for hydroxylation is 1. The van der Waals surface area contributed by atoms with E-state index in [9.17, 15) is 17.2 Å². The van der Waals surface area contributed by atoms with Crippen molar-refractivity contribution in [3.05, 3.63) is 71.3 Å². The molecule has 6 heteroatoms. The lowest BCUT2D eigenvalue weighted by Crippen LogP contribution is -2.35. The summed E-state index contributed by atoms with van der Waals surface area (Å²) in [5, 5.41) is 0. The molecule has 120 valence electrons. The second kappa shape index (κ2) is 5.86. The van der Waals surface area contributed by atoms with Gasteiger partial charge in [0.1, 0.15) is 0 Å². The van der Waals surface area contributed by atoms with Gasteiger partial charge in [0.25, 0.3) is 6.08 Å². The molecular formula is C17H15F2NO2S. The average Bonchev–Trinajstić information content (AvgIpc) is 2.54. The molecule has 0 fully saturated rings. The Labute approximate surface area is 133 Å². The van der Waals surface area contributed by atoms with Crippen LogP contribution in [0.3, 0.4) is 0 Å². The van der Waals surface area contributed by atoms with E-state index >= 15 is 0 Å². The van der Waals surface area contributed by atoms with E-state index in [0.717, 1.165) is 9.87 Å². The molecule has 1 aliphatic heterocycles. The van der Waals surface area contributed by atoms with Crippen molar-refractivity contribution in [3.63, 3.8) is 0 Å². The van der Waals surface area contributed by atoms with Gasteiger partial charge < -0.3 is 0 Å². The van der Waals surface area contributed by atoms with Crippen molar-refractivity contribution in [1.82, 2.24) is 4.31 Å². The quantitative estimate of drug-likeness (QED) is 0.837. The number of rotatable bonds is 2. The smallest absolute Gasteiger partial charge is 0.207 e. The van der Waals surface area contributed by atoms with Crippen molar-refractivity contribution in [1.29, 1.82) is 0 Å². The van der Waals surface area contributed by atoms with E-state index in [1.165, 1.54) is 12.1 Å². The number of fused-ring (bicyclic) bond motifs is 1. The highest BCUT2D eigenvalue weighted by Crippen LogP contribution is 2.33. The summed E-state index contributed by atoms with van der Waals surface area (Å²) < 4.78 is 53.1. The van der Waals surface area contributed by atoms with Crippen LogP contribution in [0, 0.1) is 6.92 Å². The van der Waals surface area contributed by atoms with Gasteiger partial charge in [0, 0.05) is 18.7 Å². The topological polar surface area (TPSA) is 37.4 Å². The number of sulfonamides is 1. The van der Waals surface area contributed by atoms with Gasteiger partial charge in [-0.25, -0.2) is 8.42 Å². The second-order valence-corrected chi connectivity index (χ2v) is 7.42. The Hall–Kier alpha value is -2.05. The molecule has 0 unspecified atom stereocenters. The minimum atomic E-state index is -3.82. The highest BCUT2D eigenvalue weighted by Gasteiger charge is 2.32. The van der Waals surface area contributed by atoms with Crippen LogP contribution in [0.4, 0.5) is 8.78 Å². The Morgan fingerprint density at radius 3 is 2.30 bits per heavy atom. The zero-order valence-electron chi connectivity index (χ0n) is 12.5. The molecule has 0 aliphatic carbocycles. The van der Waals surface area contributed by atoms with Crippen molar-refractivity contribution in [3.8, 4) is 0 Å². The summed E-state index contributed by atoms with van der Waals surface area (Å²) in [6.45, 7) is 1.62. The van der Waals surface area contributed by atoms with Gasteiger partial charge in [-0.3, -0.25) is 0 Å². The Bertz CT molecular complexity index is 870. The van der Waals surface area contributed by atoms with Crippen LogP contribution in [0.15, 0.2) is 59.5 Å². The number of halogens is 2. The third-order valence-electron chi connectivity index (χ3n) is 3.91. The SMILES string of the molecule is Cc1ccc(S(=O)(=O)N2CC(=C(F)F)c3ccccc3C2)cc1. The summed E-state index contributed by atoms with van der Waals surface area (Å²) in [4.78, 5) is 0.112. The number of hydrogen-bond donors (Lipinski definition) is 0. The molecule has 1 aliphatic rings. The van der Waals surface area contributed by atoms with Gasteiger partial charge >= 0.3 is 0 Å². The fourth-order valence-electron chi connectivity index (χ4n) is 2.65. The Balaban J connectivity index is 2.05. The molecule has 0 amide bonds. The molecule has 0 radical (unpaired) electrons. The van der Waals surface area contributed by atoms with E-state index in [1.807, 2.05) is 6.92 Å². The van der Waals surface area contributed by atoms with Gasteiger partial charge in [0.05, 0.1) is 4.90 Å². The molecule has 2 aromatic rings. The molecule has 3 nitrogen and oxygen atoms in total. The summed E-state index contributed by atoms with van der Waals surface area (Å²) >= 11 is 0. The number of benzene rings is 2. The molecular weight excluding hydrogens is 320 g/mol. The van der Waals surface area contributed by atoms with Crippen LogP contribution in [-0.2, 0) is 16.6 Å². The molecule has 0 saturated carbocycles. The highest BCUT2D eigenvalue weighted by atomic mass is 32.2. The third-order valence-corrected chi connectivity index (χ3v) is 5.72. The van der Waals surface area contributed by atoms with E-state index in [2.05, 4.69) is 0 Å². The molecule has 0 atom stereocenters. The first kappa shape index (κ1) is 15.8. The van der Waals surface area contributed by atoms with Crippen molar-refractivity contribution >= 4 is 15.6 Å². The fourth-order valence-corrected chi connectivity index (χ4v) is 4.04. The number of nitrogens with zero attached hydrogens (tertiary/aromatic N) is 1. The van der Waals surface area contributed by atoms with Crippen LogP contribution in [-0.4, -0.2) is 19.3 Å². The van der Waals surface area contributed by atoms with Gasteiger partial charge in [-0.05, 0) is 30.2 Å². The van der Waals surface area contributed by atoms with Gasteiger partial charge in [-0.2, -0.15) is 13.1 Å². The zero-order chi connectivity index (χ0) is 16.6. The number of hydrogen-bond acceptors (Lipinski definition) is 2. The van der Waals surface area contributed by atoms with Crippen LogP contribution < -0.4 is 0 Å². The van der Waals surface area contributed by atoms with E-state index in [0.29, 0.717) is 11.1 Å². The summed E-state index contributed by atoms with van der Waals surface area (Å²) in [7, 11) is -3.82. The first-order chi connectivity index (χ1) is 10.9.